The van der Waals surface area contributed by atoms with Crippen LogP contribution in [0.2, 0.25) is 0 Å². The van der Waals surface area contributed by atoms with Crippen LogP contribution in [0.1, 0.15) is 102 Å². The molecule has 1 rings (SSSR count). The number of carbonyl (C=O) groups excluding carboxylic acids is 1. The number of hydrogen-bond acceptors (Lipinski definition) is 5. The predicted molar refractivity (Wildman–Crippen MR) is 129 cm³/mol. The summed E-state index contributed by atoms with van der Waals surface area (Å²) in [5.41, 5.74) is 0.916. The molecule has 0 amide bonds. The number of hydrogen-bond donors (Lipinski definition) is 0. The maximum absolute atomic E-state index is 11.2. The molecule has 0 aliphatic carbocycles. The molecular formula is C26H43NO4. The molecular weight excluding hydrogens is 390 g/mol. The lowest BCUT2D eigenvalue weighted by Crippen LogP contribution is -2.08. The highest BCUT2D eigenvalue weighted by molar-refractivity contribution is 5.81. The second-order valence-corrected chi connectivity index (χ2v) is 8.10. The van der Waals surface area contributed by atoms with Gasteiger partial charge in [0.15, 0.2) is 11.5 Å². The second-order valence-electron chi connectivity index (χ2n) is 8.10. The summed E-state index contributed by atoms with van der Waals surface area (Å²) < 4.78 is 14.8. The van der Waals surface area contributed by atoms with Crippen LogP contribution in [-0.2, 0) is 4.74 Å². The lowest BCUT2D eigenvalue weighted by Gasteiger charge is -2.08. The quantitative estimate of drug-likeness (QED) is 0.103. The van der Waals surface area contributed by atoms with Gasteiger partial charge in [0.2, 0.25) is 0 Å². The van der Waals surface area contributed by atoms with Crippen molar-refractivity contribution >= 4 is 12.4 Å². The van der Waals surface area contributed by atoms with E-state index in [4.69, 9.17) is 9.47 Å². The van der Waals surface area contributed by atoms with E-state index in [1.807, 2.05) is 12.3 Å². The molecule has 0 aliphatic rings. The number of ether oxygens (including phenoxy) is 3. The van der Waals surface area contributed by atoms with E-state index in [1.54, 1.807) is 12.1 Å². The van der Waals surface area contributed by atoms with E-state index in [0.29, 0.717) is 11.5 Å². The highest BCUT2D eigenvalue weighted by Gasteiger charge is 2.10. The van der Waals surface area contributed by atoms with Crippen molar-refractivity contribution in [2.24, 2.45) is 4.99 Å². The van der Waals surface area contributed by atoms with E-state index in [-0.39, 0.29) is 0 Å². The fourth-order valence-electron chi connectivity index (χ4n) is 3.55. The molecule has 1 aromatic rings. The molecule has 0 bridgehead atoms. The normalized spacial score (nSPS) is 11.1. The van der Waals surface area contributed by atoms with Gasteiger partial charge >= 0.3 is 6.16 Å². The van der Waals surface area contributed by atoms with Crippen LogP contribution < -0.4 is 9.47 Å². The zero-order chi connectivity index (χ0) is 22.6. The smallest absolute Gasteiger partial charge is 0.493 e. The van der Waals surface area contributed by atoms with Gasteiger partial charge in [-0.3, -0.25) is 4.99 Å². The summed E-state index contributed by atoms with van der Waals surface area (Å²) in [7, 11) is 2.81. The molecule has 0 aliphatic heterocycles. The fourth-order valence-corrected chi connectivity index (χ4v) is 3.55. The summed E-state index contributed by atoms with van der Waals surface area (Å²) in [6.45, 7) is 3.11. The molecule has 0 radical (unpaired) electrons. The largest absolute Gasteiger partial charge is 0.513 e. The zero-order valence-electron chi connectivity index (χ0n) is 20.0. The minimum atomic E-state index is -0.766. The highest BCUT2D eigenvalue weighted by atomic mass is 16.7. The molecule has 5 nitrogen and oxygen atoms in total. The standard InChI is InChI=1S/C26H43NO4/c1-4-5-6-7-8-9-10-11-12-13-14-15-16-17-20-27-22-23-18-19-24(25(21-23)29-2)31-26(28)30-3/h18-19,21-22H,4-17,20H2,1-3H3. The van der Waals surface area contributed by atoms with Gasteiger partial charge in [0, 0.05) is 12.8 Å². The van der Waals surface area contributed by atoms with Gasteiger partial charge in [-0.15, -0.1) is 0 Å². The third-order valence-corrected chi connectivity index (χ3v) is 5.43. The van der Waals surface area contributed by atoms with Gasteiger partial charge in [0.1, 0.15) is 0 Å². The SMILES string of the molecule is CCCCCCCCCCCCCCCCN=Cc1ccc(OC(=O)OC)c(OC)c1. The molecule has 0 N–H and O–H groups in total. The fraction of sp³-hybridized carbons (Fsp3) is 0.692. The number of benzene rings is 1. The summed E-state index contributed by atoms with van der Waals surface area (Å²) in [6.07, 6.45) is 20.1. The van der Waals surface area contributed by atoms with Crippen LogP contribution in [0.25, 0.3) is 0 Å². The van der Waals surface area contributed by atoms with Gasteiger partial charge in [-0.2, -0.15) is 0 Å². The molecule has 0 saturated heterocycles. The molecule has 1 aromatic carbocycles. The Morgan fingerprint density at radius 3 is 1.87 bits per heavy atom. The van der Waals surface area contributed by atoms with Crippen LogP contribution in [0.15, 0.2) is 23.2 Å². The van der Waals surface area contributed by atoms with Crippen molar-refractivity contribution in [1.29, 1.82) is 0 Å². The average molecular weight is 434 g/mol. The Hall–Kier alpha value is -2.04. The van der Waals surface area contributed by atoms with Crippen molar-refractivity contribution in [1.82, 2.24) is 0 Å². The van der Waals surface area contributed by atoms with Crippen molar-refractivity contribution in [2.45, 2.75) is 96.8 Å². The van der Waals surface area contributed by atoms with Crippen molar-refractivity contribution in [3.05, 3.63) is 23.8 Å². The predicted octanol–water partition coefficient (Wildman–Crippen LogP) is 7.74. The molecule has 0 atom stereocenters. The van der Waals surface area contributed by atoms with E-state index >= 15 is 0 Å². The summed E-state index contributed by atoms with van der Waals surface area (Å²) in [5.74, 6) is 0.810. The summed E-state index contributed by atoms with van der Waals surface area (Å²) in [4.78, 5) is 15.8. The second kappa shape index (κ2) is 18.7. The van der Waals surface area contributed by atoms with Gasteiger partial charge in [0.05, 0.1) is 14.2 Å². The lowest BCUT2D eigenvalue weighted by molar-refractivity contribution is 0.120. The van der Waals surface area contributed by atoms with Crippen LogP contribution in [0.3, 0.4) is 0 Å². The Labute approximate surface area is 189 Å². The molecule has 0 heterocycles. The minimum Gasteiger partial charge on any atom is -0.493 e. The monoisotopic (exact) mass is 433 g/mol. The first kappa shape index (κ1) is 27.0. The zero-order valence-corrected chi connectivity index (χ0v) is 20.0. The van der Waals surface area contributed by atoms with E-state index in [9.17, 15) is 4.79 Å². The Morgan fingerprint density at radius 1 is 0.806 bits per heavy atom. The first-order valence-electron chi connectivity index (χ1n) is 12.1. The van der Waals surface area contributed by atoms with E-state index in [0.717, 1.165) is 18.5 Å². The number of methoxy groups -OCH3 is 2. The van der Waals surface area contributed by atoms with E-state index in [1.165, 1.54) is 97.7 Å². The highest BCUT2D eigenvalue weighted by Crippen LogP contribution is 2.27. The van der Waals surface area contributed by atoms with Crippen LogP contribution in [-0.4, -0.2) is 33.1 Å². The van der Waals surface area contributed by atoms with E-state index < -0.39 is 6.16 Å². The molecule has 0 aromatic heterocycles. The Kier molecular flexibility index (Phi) is 16.3. The van der Waals surface area contributed by atoms with Crippen molar-refractivity contribution in [2.75, 3.05) is 20.8 Å². The molecule has 0 saturated carbocycles. The van der Waals surface area contributed by atoms with Gasteiger partial charge in [-0.1, -0.05) is 90.4 Å². The number of unbranched alkanes of at least 4 members (excludes halogenated alkanes) is 13. The third-order valence-electron chi connectivity index (χ3n) is 5.43. The van der Waals surface area contributed by atoms with Gasteiger partial charge in [0.25, 0.3) is 0 Å². The molecule has 0 fully saturated rings. The molecule has 0 spiro atoms. The minimum absolute atomic E-state index is 0.332. The van der Waals surface area contributed by atoms with Crippen LogP contribution in [0.4, 0.5) is 4.79 Å². The van der Waals surface area contributed by atoms with Crippen LogP contribution in [0, 0.1) is 0 Å². The number of carbonyl (C=O) groups is 1. The number of nitrogens with zero attached hydrogens (tertiary/aromatic N) is 1. The molecule has 31 heavy (non-hydrogen) atoms. The molecule has 0 unspecified atom stereocenters. The summed E-state index contributed by atoms with van der Waals surface area (Å²) in [6, 6.07) is 5.33. The Morgan fingerprint density at radius 2 is 1.35 bits per heavy atom. The average Bonchev–Trinajstić information content (AvgIpc) is 2.79. The Bertz CT molecular complexity index is 615. The molecule has 5 heteroatoms. The molecule has 176 valence electrons. The summed E-state index contributed by atoms with van der Waals surface area (Å²) >= 11 is 0. The van der Waals surface area contributed by atoms with Crippen molar-refractivity contribution in [3.63, 3.8) is 0 Å². The maximum Gasteiger partial charge on any atom is 0.513 e. The number of aliphatic imine (C=N–C) groups is 1. The first-order chi connectivity index (χ1) is 15.2. The number of rotatable bonds is 18. The van der Waals surface area contributed by atoms with Crippen molar-refractivity contribution in [3.8, 4) is 11.5 Å². The maximum atomic E-state index is 11.2. The summed E-state index contributed by atoms with van der Waals surface area (Å²) in [5, 5.41) is 0. The van der Waals surface area contributed by atoms with Crippen LogP contribution >= 0.6 is 0 Å². The van der Waals surface area contributed by atoms with Crippen LogP contribution in [0.5, 0.6) is 11.5 Å². The topological polar surface area (TPSA) is 57.1 Å². The first-order valence-corrected chi connectivity index (χ1v) is 12.1. The lowest BCUT2D eigenvalue weighted by atomic mass is 10.0. The van der Waals surface area contributed by atoms with Crippen molar-refractivity contribution < 1.29 is 19.0 Å². The Balaban J connectivity index is 2.04. The van der Waals surface area contributed by atoms with Gasteiger partial charge < -0.3 is 14.2 Å². The third kappa shape index (κ3) is 13.8. The van der Waals surface area contributed by atoms with Gasteiger partial charge in [-0.25, -0.2) is 4.79 Å². The van der Waals surface area contributed by atoms with Gasteiger partial charge in [-0.05, 0) is 30.2 Å². The van der Waals surface area contributed by atoms with E-state index in [2.05, 4.69) is 16.7 Å².